The first-order chi connectivity index (χ1) is 10.5. The quantitative estimate of drug-likeness (QED) is 0.411. The summed E-state index contributed by atoms with van der Waals surface area (Å²) in [6, 6.07) is 1.06. The summed E-state index contributed by atoms with van der Waals surface area (Å²) in [5.41, 5.74) is 0. The third-order valence-corrected chi connectivity index (χ3v) is 4.98. The molecular weight excluding hydrogens is 421 g/mol. The van der Waals surface area contributed by atoms with Gasteiger partial charge in [-0.25, -0.2) is 9.98 Å². The highest BCUT2D eigenvalue weighted by Gasteiger charge is 2.31. The zero-order valence-corrected chi connectivity index (χ0v) is 17.9. The molecule has 1 aromatic rings. The lowest BCUT2D eigenvalue weighted by molar-refractivity contribution is 0.265. The number of guanidine groups is 1. The summed E-state index contributed by atoms with van der Waals surface area (Å²) in [5, 5.41) is 8.02. The maximum atomic E-state index is 4.69. The van der Waals surface area contributed by atoms with E-state index in [9.17, 15) is 0 Å². The summed E-state index contributed by atoms with van der Waals surface area (Å²) in [6.07, 6.45) is 1.91. The molecule has 132 valence electrons. The Kier molecular flexibility index (Phi) is 8.78. The number of hydrogen-bond donors (Lipinski definition) is 2. The lowest BCUT2D eigenvalue weighted by atomic mass is 10.1. The molecule has 0 radical (unpaired) electrons. The Morgan fingerprint density at radius 2 is 2.22 bits per heavy atom. The van der Waals surface area contributed by atoms with Gasteiger partial charge in [0, 0.05) is 42.8 Å². The van der Waals surface area contributed by atoms with E-state index in [0.29, 0.717) is 24.5 Å². The minimum absolute atomic E-state index is 0. The number of aliphatic imine (C=N–C) groups is 1. The highest BCUT2D eigenvalue weighted by molar-refractivity contribution is 14.0. The summed E-state index contributed by atoms with van der Waals surface area (Å²) in [4.78, 5) is 12.8. The van der Waals surface area contributed by atoms with E-state index in [1.807, 2.05) is 6.20 Å². The van der Waals surface area contributed by atoms with Crippen LogP contribution < -0.4 is 10.6 Å². The molecule has 2 N–H and O–H groups in total. The molecular formula is C16H30IN5S. The number of hydrogen-bond acceptors (Lipinski definition) is 4. The number of thiazole rings is 1. The minimum Gasteiger partial charge on any atom is -0.357 e. The summed E-state index contributed by atoms with van der Waals surface area (Å²) in [7, 11) is 0. The molecule has 1 aromatic heterocycles. The molecule has 1 aliphatic rings. The van der Waals surface area contributed by atoms with Gasteiger partial charge in [0.15, 0.2) is 5.96 Å². The van der Waals surface area contributed by atoms with Crippen molar-refractivity contribution in [3.63, 3.8) is 0 Å². The first kappa shape index (κ1) is 20.6. The van der Waals surface area contributed by atoms with E-state index < -0.39 is 0 Å². The van der Waals surface area contributed by atoms with Gasteiger partial charge in [-0.1, -0.05) is 6.92 Å². The predicted molar refractivity (Wildman–Crippen MR) is 110 cm³/mol. The molecule has 1 aliphatic heterocycles. The molecule has 1 saturated heterocycles. The van der Waals surface area contributed by atoms with Crippen LogP contribution in [0.1, 0.15) is 37.6 Å². The summed E-state index contributed by atoms with van der Waals surface area (Å²) >= 11 is 1.71. The minimum atomic E-state index is 0. The van der Waals surface area contributed by atoms with Crippen LogP contribution in [0.2, 0.25) is 0 Å². The zero-order valence-electron chi connectivity index (χ0n) is 14.8. The van der Waals surface area contributed by atoms with Gasteiger partial charge in [0.05, 0.1) is 6.54 Å². The fraction of sp³-hybridized carbons (Fsp3) is 0.750. The fourth-order valence-corrected chi connectivity index (χ4v) is 3.44. The van der Waals surface area contributed by atoms with Gasteiger partial charge in [-0.2, -0.15) is 0 Å². The van der Waals surface area contributed by atoms with Crippen LogP contribution in [0.4, 0.5) is 0 Å². The molecule has 0 amide bonds. The van der Waals surface area contributed by atoms with Crippen LogP contribution >= 0.6 is 35.3 Å². The topological polar surface area (TPSA) is 52.6 Å². The Hall–Kier alpha value is -0.410. The number of rotatable bonds is 5. The number of halogens is 1. The second-order valence-corrected chi connectivity index (χ2v) is 7.65. The highest BCUT2D eigenvalue weighted by atomic mass is 127. The second kappa shape index (κ2) is 9.78. The summed E-state index contributed by atoms with van der Waals surface area (Å²) in [6.45, 7) is 14.8. The molecule has 1 fully saturated rings. The van der Waals surface area contributed by atoms with Crippen LogP contribution in [0.5, 0.6) is 0 Å². The van der Waals surface area contributed by atoms with E-state index in [1.165, 1.54) is 4.88 Å². The van der Waals surface area contributed by atoms with Crippen molar-refractivity contribution >= 4 is 41.3 Å². The van der Waals surface area contributed by atoms with Gasteiger partial charge >= 0.3 is 0 Å². The van der Waals surface area contributed by atoms with Crippen LogP contribution in [0.15, 0.2) is 11.2 Å². The summed E-state index contributed by atoms with van der Waals surface area (Å²) in [5.74, 6) is 1.53. The SMILES string of the molecule is CCNC(=NCc1ncc(C)s1)NC1CN(C(C)C)CC1C.I. The molecule has 0 saturated carbocycles. The Balaban J connectivity index is 0.00000264. The molecule has 2 unspecified atom stereocenters. The van der Waals surface area contributed by atoms with Crippen molar-refractivity contribution in [1.29, 1.82) is 0 Å². The zero-order chi connectivity index (χ0) is 16.1. The highest BCUT2D eigenvalue weighted by Crippen LogP contribution is 2.18. The van der Waals surface area contributed by atoms with Gasteiger partial charge in [-0.05, 0) is 33.6 Å². The maximum Gasteiger partial charge on any atom is 0.191 e. The van der Waals surface area contributed by atoms with Crippen molar-refractivity contribution in [2.75, 3.05) is 19.6 Å². The van der Waals surface area contributed by atoms with E-state index in [1.54, 1.807) is 11.3 Å². The Labute approximate surface area is 161 Å². The molecule has 5 nitrogen and oxygen atoms in total. The van der Waals surface area contributed by atoms with Crippen molar-refractivity contribution in [3.8, 4) is 0 Å². The van der Waals surface area contributed by atoms with E-state index in [0.717, 1.165) is 30.6 Å². The third-order valence-electron chi connectivity index (χ3n) is 4.08. The van der Waals surface area contributed by atoms with Gasteiger partial charge in [0.1, 0.15) is 5.01 Å². The van der Waals surface area contributed by atoms with E-state index >= 15 is 0 Å². The number of nitrogens with zero attached hydrogens (tertiary/aromatic N) is 3. The monoisotopic (exact) mass is 451 g/mol. The van der Waals surface area contributed by atoms with Gasteiger partial charge < -0.3 is 10.6 Å². The van der Waals surface area contributed by atoms with Gasteiger partial charge in [-0.3, -0.25) is 4.90 Å². The van der Waals surface area contributed by atoms with Crippen molar-refractivity contribution in [2.24, 2.45) is 10.9 Å². The van der Waals surface area contributed by atoms with Crippen LogP contribution in [0, 0.1) is 12.8 Å². The van der Waals surface area contributed by atoms with Crippen LogP contribution in [0.3, 0.4) is 0 Å². The van der Waals surface area contributed by atoms with Gasteiger partial charge in [0.2, 0.25) is 0 Å². The number of aromatic nitrogens is 1. The molecule has 0 aromatic carbocycles. The van der Waals surface area contributed by atoms with Crippen molar-refractivity contribution in [1.82, 2.24) is 20.5 Å². The van der Waals surface area contributed by atoms with Crippen LogP contribution in [-0.2, 0) is 6.54 Å². The smallest absolute Gasteiger partial charge is 0.191 e. The molecule has 0 aliphatic carbocycles. The average molecular weight is 451 g/mol. The third kappa shape index (κ3) is 6.19. The molecule has 7 heteroatoms. The van der Waals surface area contributed by atoms with Crippen molar-refractivity contribution < 1.29 is 0 Å². The lowest BCUT2D eigenvalue weighted by Gasteiger charge is -2.21. The molecule has 23 heavy (non-hydrogen) atoms. The largest absolute Gasteiger partial charge is 0.357 e. The van der Waals surface area contributed by atoms with Gasteiger partial charge in [0.25, 0.3) is 0 Å². The maximum absolute atomic E-state index is 4.69. The molecule has 2 atom stereocenters. The molecule has 2 rings (SSSR count). The van der Waals surface area contributed by atoms with Crippen molar-refractivity contribution in [3.05, 3.63) is 16.1 Å². The standard InChI is InChI=1S/C16H29N5S.HI/c1-6-17-16(19-8-15-18-7-13(5)22-15)20-14-10-21(11(2)3)9-12(14)4;/h7,11-12,14H,6,8-10H2,1-5H3,(H2,17,19,20);1H. The second-order valence-electron chi connectivity index (χ2n) is 6.34. The Morgan fingerprint density at radius 1 is 1.48 bits per heavy atom. The van der Waals surface area contributed by atoms with E-state index in [2.05, 4.69) is 60.1 Å². The molecule has 0 spiro atoms. The Morgan fingerprint density at radius 3 is 2.74 bits per heavy atom. The normalized spacial score (nSPS) is 22.3. The number of aryl methyl sites for hydroxylation is 1. The van der Waals surface area contributed by atoms with E-state index in [4.69, 9.17) is 0 Å². The predicted octanol–water partition coefficient (Wildman–Crippen LogP) is 2.85. The van der Waals surface area contributed by atoms with Crippen LogP contribution in [0.25, 0.3) is 0 Å². The lowest BCUT2D eigenvalue weighted by Crippen LogP contribution is -2.46. The fourth-order valence-electron chi connectivity index (χ4n) is 2.73. The molecule has 0 bridgehead atoms. The summed E-state index contributed by atoms with van der Waals surface area (Å²) < 4.78 is 0. The van der Waals surface area contributed by atoms with Crippen LogP contribution in [-0.4, -0.2) is 47.6 Å². The average Bonchev–Trinajstić information content (AvgIpc) is 3.03. The van der Waals surface area contributed by atoms with E-state index in [-0.39, 0.29) is 24.0 Å². The van der Waals surface area contributed by atoms with Crippen molar-refractivity contribution in [2.45, 2.75) is 53.2 Å². The van der Waals surface area contributed by atoms with Gasteiger partial charge in [-0.15, -0.1) is 35.3 Å². The number of likely N-dealkylation sites (tertiary alicyclic amines) is 1. The first-order valence-electron chi connectivity index (χ1n) is 8.19. The Bertz CT molecular complexity index is 502. The first-order valence-corrected chi connectivity index (χ1v) is 9.01. The number of nitrogens with one attached hydrogen (secondary N) is 2. The molecule has 2 heterocycles.